The van der Waals surface area contributed by atoms with Crippen LogP contribution in [0.5, 0.6) is 0 Å². The van der Waals surface area contributed by atoms with Gasteiger partial charge in [0.05, 0.1) is 5.75 Å². The third kappa shape index (κ3) is 4.67. The summed E-state index contributed by atoms with van der Waals surface area (Å²) in [4.78, 5) is 36.4. The van der Waals surface area contributed by atoms with Gasteiger partial charge in [0.25, 0.3) is 5.91 Å². The van der Waals surface area contributed by atoms with Crippen molar-refractivity contribution in [1.82, 2.24) is 25.9 Å². The van der Waals surface area contributed by atoms with Gasteiger partial charge in [0, 0.05) is 5.69 Å². The highest BCUT2D eigenvalue weighted by molar-refractivity contribution is 8.01. The third-order valence-electron chi connectivity index (χ3n) is 4.70. The van der Waals surface area contributed by atoms with Crippen molar-refractivity contribution in [3.63, 3.8) is 0 Å². The largest absolute Gasteiger partial charge is 0.344 e. The summed E-state index contributed by atoms with van der Waals surface area (Å²) in [6.07, 6.45) is 0.430. The van der Waals surface area contributed by atoms with E-state index in [0.717, 1.165) is 10.7 Å². The Balaban J connectivity index is 1.53. The maximum atomic E-state index is 12.3. The molecule has 9 nitrogen and oxygen atoms in total. The zero-order chi connectivity index (χ0) is 21.2. The number of hydrogen-bond donors (Lipinski definition) is 3. The number of carbonyl (C=O) groups is 3. The van der Waals surface area contributed by atoms with Gasteiger partial charge < -0.3 is 10.6 Å². The zero-order valence-electron chi connectivity index (χ0n) is 16.5. The molecule has 0 bridgehead atoms. The third-order valence-corrected chi connectivity index (χ3v) is 6.67. The van der Waals surface area contributed by atoms with E-state index in [0.29, 0.717) is 15.9 Å². The van der Waals surface area contributed by atoms with Crippen LogP contribution in [0.25, 0.3) is 0 Å². The van der Waals surface area contributed by atoms with Crippen molar-refractivity contribution < 1.29 is 14.4 Å². The van der Waals surface area contributed by atoms with Gasteiger partial charge in [-0.15, -0.1) is 10.2 Å². The van der Waals surface area contributed by atoms with Crippen LogP contribution in [0.4, 0.5) is 15.6 Å². The van der Waals surface area contributed by atoms with Gasteiger partial charge in [-0.05, 0) is 50.5 Å². The van der Waals surface area contributed by atoms with Crippen LogP contribution in [0.2, 0.25) is 0 Å². The van der Waals surface area contributed by atoms with E-state index in [1.54, 1.807) is 13.8 Å². The second kappa shape index (κ2) is 8.37. The van der Waals surface area contributed by atoms with Crippen LogP contribution in [0, 0.1) is 13.8 Å². The highest BCUT2D eigenvalue weighted by Crippen LogP contribution is 2.28. The number of anilines is 2. The number of rotatable bonds is 7. The minimum atomic E-state index is -0.994. The fourth-order valence-corrected chi connectivity index (χ4v) is 4.14. The number of benzene rings is 1. The number of urea groups is 1. The van der Waals surface area contributed by atoms with Crippen molar-refractivity contribution in [1.29, 1.82) is 0 Å². The maximum absolute atomic E-state index is 12.3. The summed E-state index contributed by atoms with van der Waals surface area (Å²) in [7, 11) is 0. The van der Waals surface area contributed by atoms with Crippen LogP contribution in [-0.2, 0) is 9.59 Å². The summed E-state index contributed by atoms with van der Waals surface area (Å²) < 4.78 is 0.599. The van der Waals surface area contributed by atoms with Crippen molar-refractivity contribution >= 4 is 51.8 Å². The van der Waals surface area contributed by atoms with Crippen molar-refractivity contribution in [3.8, 4) is 0 Å². The molecule has 29 heavy (non-hydrogen) atoms. The number of hydrazine groups is 1. The molecule has 0 radical (unpaired) electrons. The lowest BCUT2D eigenvalue weighted by Crippen LogP contribution is -2.49. The van der Waals surface area contributed by atoms with E-state index in [1.165, 1.54) is 34.2 Å². The van der Waals surface area contributed by atoms with Gasteiger partial charge in [-0.1, -0.05) is 36.1 Å². The summed E-state index contributed by atoms with van der Waals surface area (Å²) in [6.45, 7) is 7.50. The Labute approximate surface area is 176 Å². The number of imide groups is 1. The van der Waals surface area contributed by atoms with E-state index in [1.807, 2.05) is 32.0 Å². The van der Waals surface area contributed by atoms with E-state index in [2.05, 4.69) is 26.3 Å². The smallest absolute Gasteiger partial charge is 0.330 e. The fraction of sp³-hybridized carbons (Fsp3) is 0.389. The van der Waals surface area contributed by atoms with Gasteiger partial charge in [0.15, 0.2) is 4.34 Å². The summed E-state index contributed by atoms with van der Waals surface area (Å²) in [6, 6.07) is 5.39. The topological polar surface area (TPSA) is 116 Å². The highest BCUT2D eigenvalue weighted by atomic mass is 32.2. The van der Waals surface area contributed by atoms with Gasteiger partial charge in [0.2, 0.25) is 11.0 Å². The Hall–Kier alpha value is -2.66. The number of carbonyl (C=O) groups excluding carboxylic acids is 3. The van der Waals surface area contributed by atoms with E-state index >= 15 is 0 Å². The van der Waals surface area contributed by atoms with Crippen LogP contribution in [0.3, 0.4) is 0 Å². The monoisotopic (exact) mass is 434 g/mol. The van der Waals surface area contributed by atoms with Crippen LogP contribution in [-0.4, -0.2) is 44.3 Å². The molecule has 1 aliphatic heterocycles. The first kappa shape index (κ1) is 21.1. The summed E-state index contributed by atoms with van der Waals surface area (Å²) in [5.41, 5.74) is 4.65. The number of thioether (sulfide) groups is 1. The number of aryl methyl sites for hydroxylation is 2. The number of nitrogens with one attached hydrogen (secondary N) is 3. The Kier molecular flexibility index (Phi) is 6.08. The van der Waals surface area contributed by atoms with E-state index in [9.17, 15) is 14.4 Å². The van der Waals surface area contributed by atoms with Crippen LogP contribution in [0.1, 0.15) is 31.4 Å². The number of amides is 4. The maximum Gasteiger partial charge on any atom is 0.344 e. The van der Waals surface area contributed by atoms with Gasteiger partial charge in [-0.3, -0.25) is 15.0 Å². The molecular formula is C18H22N6O3S2. The molecule has 1 aliphatic rings. The van der Waals surface area contributed by atoms with Crippen molar-refractivity contribution in [2.75, 3.05) is 11.1 Å². The lowest BCUT2D eigenvalue weighted by atomic mass is 10.00. The van der Waals surface area contributed by atoms with Gasteiger partial charge in [-0.2, -0.15) is 5.01 Å². The Morgan fingerprint density at radius 3 is 2.69 bits per heavy atom. The van der Waals surface area contributed by atoms with Crippen LogP contribution in [0.15, 0.2) is 22.5 Å². The van der Waals surface area contributed by atoms with Gasteiger partial charge >= 0.3 is 6.03 Å². The zero-order valence-corrected chi connectivity index (χ0v) is 18.2. The molecule has 1 atom stereocenters. The Morgan fingerprint density at radius 2 is 2.03 bits per heavy atom. The number of nitrogens with zero attached hydrogens (tertiary/aromatic N) is 3. The predicted molar refractivity (Wildman–Crippen MR) is 112 cm³/mol. The molecule has 1 fully saturated rings. The molecule has 1 aromatic carbocycles. The molecule has 1 unspecified atom stereocenters. The molecule has 11 heteroatoms. The molecular weight excluding hydrogens is 412 g/mol. The molecule has 3 rings (SSSR count). The average Bonchev–Trinajstić information content (AvgIpc) is 3.21. The SMILES string of the molecule is CCC1(C)NC(=O)N(NC(=O)CSc2nnc(Nc3ccc(C)c(C)c3)s2)C1=O. The Morgan fingerprint density at radius 1 is 1.28 bits per heavy atom. The standard InChI is InChI=1S/C18H22N6O3S2/c1-5-18(4)14(26)24(16(27)20-18)23-13(25)9-28-17-22-21-15(29-17)19-12-7-6-10(2)11(3)8-12/h6-8H,5,9H2,1-4H3,(H,19,21)(H,20,27)(H,23,25). The van der Waals surface area contributed by atoms with Crippen molar-refractivity contribution in [2.45, 2.75) is 44.0 Å². The normalized spacial score (nSPS) is 18.7. The first-order valence-electron chi connectivity index (χ1n) is 8.98. The molecule has 3 N–H and O–H groups in total. The van der Waals surface area contributed by atoms with E-state index in [-0.39, 0.29) is 5.75 Å². The summed E-state index contributed by atoms with van der Waals surface area (Å²) in [5.74, 6) is -0.949. The van der Waals surface area contributed by atoms with Crippen molar-refractivity contribution in [2.24, 2.45) is 0 Å². The number of aromatic nitrogens is 2. The predicted octanol–water partition coefficient (Wildman–Crippen LogP) is 2.74. The molecule has 1 aromatic heterocycles. The lowest BCUT2D eigenvalue weighted by Gasteiger charge is -2.19. The van der Waals surface area contributed by atoms with Crippen LogP contribution < -0.4 is 16.1 Å². The van der Waals surface area contributed by atoms with Gasteiger partial charge in [0.1, 0.15) is 5.54 Å². The van der Waals surface area contributed by atoms with Crippen LogP contribution >= 0.6 is 23.1 Å². The lowest BCUT2D eigenvalue weighted by molar-refractivity contribution is -0.137. The molecule has 2 heterocycles. The van der Waals surface area contributed by atoms with E-state index in [4.69, 9.17) is 0 Å². The molecule has 0 aliphatic carbocycles. The molecule has 0 spiro atoms. The molecule has 0 saturated carbocycles. The quantitative estimate of drug-likeness (QED) is 0.453. The Bertz CT molecular complexity index is 963. The number of hydrogen-bond acceptors (Lipinski definition) is 8. The summed E-state index contributed by atoms with van der Waals surface area (Å²) >= 11 is 2.50. The second-order valence-corrected chi connectivity index (χ2v) is 9.08. The first-order chi connectivity index (χ1) is 13.7. The molecule has 2 aromatic rings. The van der Waals surface area contributed by atoms with Gasteiger partial charge in [-0.25, -0.2) is 4.79 Å². The second-order valence-electron chi connectivity index (χ2n) is 6.88. The molecule has 1 saturated heterocycles. The minimum absolute atomic E-state index is 0.00181. The average molecular weight is 435 g/mol. The van der Waals surface area contributed by atoms with Crippen molar-refractivity contribution in [3.05, 3.63) is 29.3 Å². The summed E-state index contributed by atoms with van der Waals surface area (Å²) in [5, 5.41) is 15.2. The molecule has 154 valence electrons. The first-order valence-corrected chi connectivity index (χ1v) is 10.8. The minimum Gasteiger partial charge on any atom is -0.330 e. The van der Waals surface area contributed by atoms with E-state index < -0.39 is 23.4 Å². The molecule has 4 amide bonds. The fourth-order valence-electron chi connectivity index (χ4n) is 2.57. The highest BCUT2D eigenvalue weighted by Gasteiger charge is 2.47.